The second-order valence-electron chi connectivity index (χ2n) is 0.365. The van der Waals surface area contributed by atoms with Crippen molar-refractivity contribution < 1.29 is 41.5 Å². The first kappa shape index (κ1) is 23.1. The monoisotopic (exact) mass is 210 g/mol. The molecule has 0 aromatic heterocycles. The predicted octanol–water partition coefficient (Wildman–Crippen LogP) is 0.982. The van der Waals surface area contributed by atoms with Crippen LogP contribution in [0.5, 0.6) is 0 Å². The van der Waals surface area contributed by atoms with Gasteiger partial charge in [0.2, 0.25) is 0 Å². The van der Waals surface area contributed by atoms with Gasteiger partial charge in [-0.2, -0.15) is 0 Å². The Kier molecular flexibility index (Phi) is 264. The van der Waals surface area contributed by atoms with Crippen LogP contribution in [0.3, 0.4) is 0 Å². The molecule has 0 aliphatic rings. The third kappa shape index (κ3) is 47000. The van der Waals surface area contributed by atoms with Crippen molar-refractivity contribution in [1.29, 1.82) is 0 Å². The van der Waals surface area contributed by atoms with Crippen LogP contribution in [0.15, 0.2) is 25.7 Å². The Morgan fingerprint density at radius 3 is 1.00 bits per heavy atom. The van der Waals surface area contributed by atoms with E-state index in [0.29, 0.717) is 0 Å². The van der Waals surface area contributed by atoms with E-state index < -0.39 is 0 Å². The second-order valence-corrected chi connectivity index (χ2v) is 0.365. The number of aliphatic hydroxyl groups is 3. The molecule has 54 valence electrons. The average molecular weight is 211 g/mol. The SMILES string of the molecule is C=CO.C=CO.CO.[Zr]. The summed E-state index contributed by atoms with van der Waals surface area (Å²) in [6.45, 7) is 5.83. The number of hydrogen-bond donors (Lipinski definition) is 3. The van der Waals surface area contributed by atoms with Gasteiger partial charge in [0.25, 0.3) is 0 Å². The second kappa shape index (κ2) is 103. The molecule has 3 nitrogen and oxygen atoms in total. The van der Waals surface area contributed by atoms with E-state index in [9.17, 15) is 0 Å². The van der Waals surface area contributed by atoms with Crippen LogP contribution in [-0.2, 0) is 26.2 Å². The Labute approximate surface area is 74.5 Å². The fourth-order valence-corrected chi connectivity index (χ4v) is 0. The van der Waals surface area contributed by atoms with Gasteiger partial charge in [-0.3, -0.25) is 0 Å². The number of hydrogen-bond acceptors (Lipinski definition) is 3. The van der Waals surface area contributed by atoms with Gasteiger partial charge in [0, 0.05) is 33.3 Å². The first-order valence-electron chi connectivity index (χ1n) is 1.78. The van der Waals surface area contributed by atoms with E-state index in [-0.39, 0.29) is 26.2 Å². The standard InChI is InChI=1S/2C2H4O.CH4O.Zr/c2*1-2-3;1-2;/h2*2-3H,1H2;2H,1H3;. The Bertz CT molecular complexity index is 33.2. The molecule has 3 N–H and O–H groups in total. The van der Waals surface area contributed by atoms with Gasteiger partial charge in [0.15, 0.2) is 0 Å². The van der Waals surface area contributed by atoms with Crippen LogP contribution < -0.4 is 0 Å². The van der Waals surface area contributed by atoms with E-state index in [1.807, 2.05) is 0 Å². The van der Waals surface area contributed by atoms with Crippen LogP contribution in [0.4, 0.5) is 0 Å². The van der Waals surface area contributed by atoms with Crippen molar-refractivity contribution in [3.8, 4) is 0 Å². The molecule has 0 rings (SSSR count). The summed E-state index contributed by atoms with van der Waals surface area (Å²) in [4.78, 5) is 0. The van der Waals surface area contributed by atoms with Crippen molar-refractivity contribution >= 4 is 0 Å². The molecule has 4 heteroatoms. The quantitative estimate of drug-likeness (QED) is 0.524. The zero-order chi connectivity index (χ0) is 7.41. The van der Waals surface area contributed by atoms with Crippen LogP contribution in [0.1, 0.15) is 0 Å². The molecular weight excluding hydrogens is 199 g/mol. The molecule has 0 fully saturated rings. The third-order valence-electron chi connectivity index (χ3n) is 0. The molecule has 0 aromatic rings. The zero-order valence-corrected chi connectivity index (χ0v) is 7.87. The molecule has 0 bridgehead atoms. The van der Waals surface area contributed by atoms with Gasteiger partial charge in [-0.1, -0.05) is 13.2 Å². The van der Waals surface area contributed by atoms with Crippen molar-refractivity contribution in [3.05, 3.63) is 25.7 Å². The summed E-state index contributed by atoms with van der Waals surface area (Å²) in [6, 6.07) is 0. The maximum atomic E-state index is 7.33. The van der Waals surface area contributed by atoms with E-state index in [0.717, 1.165) is 19.6 Å². The van der Waals surface area contributed by atoms with E-state index in [1.54, 1.807) is 0 Å². The maximum absolute atomic E-state index is 7.33. The smallest absolute Gasteiger partial charge is 0.0719 e. The van der Waals surface area contributed by atoms with E-state index in [1.165, 1.54) is 0 Å². The van der Waals surface area contributed by atoms with Gasteiger partial charge < -0.3 is 15.3 Å². The molecular formula is C5H12O3Zr. The topological polar surface area (TPSA) is 60.7 Å². The van der Waals surface area contributed by atoms with Crippen LogP contribution in [0, 0.1) is 0 Å². The zero-order valence-electron chi connectivity index (χ0n) is 5.41. The van der Waals surface area contributed by atoms with Gasteiger partial charge in [-0.15, -0.1) is 0 Å². The minimum Gasteiger partial charge on any atom is -0.516 e. The van der Waals surface area contributed by atoms with Crippen molar-refractivity contribution in [1.82, 2.24) is 0 Å². The summed E-state index contributed by atoms with van der Waals surface area (Å²) < 4.78 is 0. The summed E-state index contributed by atoms with van der Waals surface area (Å²) >= 11 is 0. The molecule has 0 saturated carbocycles. The van der Waals surface area contributed by atoms with Crippen LogP contribution in [0.2, 0.25) is 0 Å². The van der Waals surface area contributed by atoms with Crippen molar-refractivity contribution in [2.45, 2.75) is 0 Å². The van der Waals surface area contributed by atoms with Crippen LogP contribution >= 0.6 is 0 Å². The minimum atomic E-state index is 0. The van der Waals surface area contributed by atoms with E-state index >= 15 is 0 Å². The molecule has 9 heavy (non-hydrogen) atoms. The van der Waals surface area contributed by atoms with Gasteiger partial charge in [0.05, 0.1) is 12.5 Å². The van der Waals surface area contributed by atoms with Gasteiger partial charge >= 0.3 is 0 Å². The van der Waals surface area contributed by atoms with Crippen molar-refractivity contribution in [2.75, 3.05) is 7.11 Å². The van der Waals surface area contributed by atoms with Gasteiger partial charge in [-0.25, -0.2) is 0 Å². The summed E-state index contributed by atoms with van der Waals surface area (Å²) in [5, 5.41) is 21.7. The molecule has 0 spiro atoms. The molecule has 0 amide bonds. The molecule has 0 aliphatic carbocycles. The molecule has 0 unspecified atom stereocenters. The molecule has 0 atom stereocenters. The summed E-state index contributed by atoms with van der Waals surface area (Å²) in [5.74, 6) is 0. The first-order valence-corrected chi connectivity index (χ1v) is 1.78. The Morgan fingerprint density at radius 1 is 1.00 bits per heavy atom. The third-order valence-corrected chi connectivity index (χ3v) is 0. The normalized spacial score (nSPS) is 3.33. The first-order chi connectivity index (χ1) is 3.83. The van der Waals surface area contributed by atoms with Crippen molar-refractivity contribution in [2.24, 2.45) is 0 Å². The number of aliphatic hydroxyl groups excluding tert-OH is 3. The average Bonchev–Trinajstić information content (AvgIpc) is 1.75. The van der Waals surface area contributed by atoms with Crippen molar-refractivity contribution in [3.63, 3.8) is 0 Å². The summed E-state index contributed by atoms with van der Waals surface area (Å²) in [6.07, 6.45) is 1.50. The summed E-state index contributed by atoms with van der Waals surface area (Å²) in [7, 11) is 1.00. The van der Waals surface area contributed by atoms with Gasteiger partial charge in [-0.05, 0) is 0 Å². The molecule has 0 aromatic carbocycles. The fourth-order valence-electron chi connectivity index (χ4n) is 0. The predicted molar refractivity (Wildman–Crippen MR) is 33.8 cm³/mol. The largest absolute Gasteiger partial charge is 0.516 e. The van der Waals surface area contributed by atoms with Crippen LogP contribution in [0.25, 0.3) is 0 Å². The van der Waals surface area contributed by atoms with E-state index in [4.69, 9.17) is 15.3 Å². The van der Waals surface area contributed by atoms with E-state index in [2.05, 4.69) is 13.2 Å². The Morgan fingerprint density at radius 2 is 1.00 bits per heavy atom. The summed E-state index contributed by atoms with van der Waals surface area (Å²) in [5.41, 5.74) is 0. The minimum absolute atomic E-state index is 0. The Balaban J connectivity index is -0.0000000202. The molecule has 0 aliphatic heterocycles. The molecule has 0 radical (unpaired) electrons. The van der Waals surface area contributed by atoms with Crippen LogP contribution in [-0.4, -0.2) is 22.4 Å². The fraction of sp³-hybridized carbons (Fsp3) is 0.200. The number of rotatable bonds is 0. The molecule has 0 saturated heterocycles. The Hall–Kier alpha value is -0.0769. The maximum Gasteiger partial charge on any atom is 0.0719 e. The van der Waals surface area contributed by atoms with Gasteiger partial charge in [0.1, 0.15) is 0 Å². The molecule has 0 heterocycles.